The average molecular weight is 536 g/mol. The molecular formula is C30H38FN5O3. The summed E-state index contributed by atoms with van der Waals surface area (Å²) in [6.07, 6.45) is 6.58. The first-order valence-electron chi connectivity index (χ1n) is 14.3. The number of esters is 1. The van der Waals surface area contributed by atoms with Crippen LogP contribution in [0.2, 0.25) is 0 Å². The standard InChI is InChI=1S/C30H38FN5O3/c1-4-22-17-27(29(37)35-15-8-6-7-10-20(35)3)32-28-18-26(33-36(22)28)24-13-12-23(16-25(24)31)34-14-9-11-21(19-34)30(38)39-5-2/h12-13,16-18,20-21H,4-11,14-15,19H2,1-3H3/t20-,21-/m1/s1. The van der Waals surface area contributed by atoms with Crippen molar-refractivity contribution in [1.29, 1.82) is 0 Å². The second kappa shape index (κ2) is 11.7. The van der Waals surface area contributed by atoms with Gasteiger partial charge >= 0.3 is 5.97 Å². The van der Waals surface area contributed by atoms with Gasteiger partial charge in [-0.25, -0.2) is 13.9 Å². The van der Waals surface area contributed by atoms with Crippen LogP contribution in [0.4, 0.5) is 10.1 Å². The normalized spacial score (nSPS) is 20.2. The molecule has 5 rings (SSSR count). The number of halogens is 1. The van der Waals surface area contributed by atoms with E-state index in [-0.39, 0.29) is 29.7 Å². The van der Waals surface area contributed by atoms with Gasteiger partial charge in [-0.1, -0.05) is 19.8 Å². The van der Waals surface area contributed by atoms with E-state index < -0.39 is 0 Å². The summed E-state index contributed by atoms with van der Waals surface area (Å²) in [6, 6.07) is 8.87. The maximum atomic E-state index is 15.5. The number of piperidine rings is 1. The molecule has 0 radical (unpaired) electrons. The molecule has 2 atom stereocenters. The van der Waals surface area contributed by atoms with Crippen molar-refractivity contribution in [3.63, 3.8) is 0 Å². The largest absolute Gasteiger partial charge is 0.466 e. The lowest BCUT2D eigenvalue weighted by molar-refractivity contribution is -0.148. The lowest BCUT2D eigenvalue weighted by atomic mass is 9.97. The number of likely N-dealkylation sites (tertiary alicyclic amines) is 1. The molecule has 3 aromatic rings. The number of carbonyl (C=O) groups is 2. The topological polar surface area (TPSA) is 80.0 Å². The summed E-state index contributed by atoms with van der Waals surface area (Å²) >= 11 is 0. The number of rotatable bonds is 6. The Labute approximate surface area is 229 Å². The Balaban J connectivity index is 1.41. The van der Waals surface area contributed by atoms with Crippen molar-refractivity contribution < 1.29 is 18.7 Å². The number of hydrogen-bond acceptors (Lipinski definition) is 6. The van der Waals surface area contributed by atoms with E-state index in [4.69, 9.17) is 4.74 Å². The van der Waals surface area contributed by atoms with Gasteiger partial charge in [0, 0.05) is 48.7 Å². The van der Waals surface area contributed by atoms with Crippen LogP contribution in [0, 0.1) is 11.7 Å². The summed E-state index contributed by atoms with van der Waals surface area (Å²) in [7, 11) is 0. The molecule has 2 fully saturated rings. The Morgan fingerprint density at radius 2 is 1.90 bits per heavy atom. The SMILES string of the molecule is CCOC(=O)[C@@H]1CCCN(c2ccc(-c3cc4nc(C(=O)N5CCCCC[C@H]5C)cc(CC)n4n3)c(F)c2)C1. The Morgan fingerprint density at radius 3 is 2.67 bits per heavy atom. The second-order valence-corrected chi connectivity index (χ2v) is 10.7. The molecule has 0 aliphatic carbocycles. The van der Waals surface area contributed by atoms with Crippen LogP contribution < -0.4 is 4.90 Å². The van der Waals surface area contributed by atoms with E-state index in [9.17, 15) is 9.59 Å². The first kappa shape index (κ1) is 27.1. The summed E-state index contributed by atoms with van der Waals surface area (Å²) < 4.78 is 22.4. The Morgan fingerprint density at radius 1 is 1.05 bits per heavy atom. The van der Waals surface area contributed by atoms with Crippen LogP contribution in [0.15, 0.2) is 30.3 Å². The van der Waals surface area contributed by atoms with Crippen LogP contribution in [-0.2, 0) is 16.0 Å². The number of nitrogens with zero attached hydrogens (tertiary/aromatic N) is 5. The zero-order chi connectivity index (χ0) is 27.5. The van der Waals surface area contributed by atoms with Gasteiger partial charge in [-0.05, 0) is 70.2 Å². The van der Waals surface area contributed by atoms with Gasteiger partial charge in [-0.15, -0.1) is 0 Å². The van der Waals surface area contributed by atoms with Gasteiger partial charge in [0.1, 0.15) is 11.5 Å². The van der Waals surface area contributed by atoms with E-state index in [1.807, 2.05) is 28.9 Å². The highest BCUT2D eigenvalue weighted by Gasteiger charge is 2.28. The van der Waals surface area contributed by atoms with Crippen molar-refractivity contribution in [2.24, 2.45) is 5.92 Å². The number of amides is 1. The minimum Gasteiger partial charge on any atom is -0.466 e. The maximum Gasteiger partial charge on any atom is 0.310 e. The van der Waals surface area contributed by atoms with Crippen LogP contribution in [0.1, 0.15) is 75.5 Å². The quantitative estimate of drug-likeness (QED) is 0.400. The monoisotopic (exact) mass is 535 g/mol. The van der Waals surface area contributed by atoms with Gasteiger partial charge in [0.2, 0.25) is 0 Å². The summed E-state index contributed by atoms with van der Waals surface area (Å²) in [5, 5.41) is 4.67. The molecule has 0 saturated carbocycles. The molecule has 2 aromatic heterocycles. The van der Waals surface area contributed by atoms with Crippen LogP contribution in [0.3, 0.4) is 0 Å². The third kappa shape index (κ3) is 5.63. The summed E-state index contributed by atoms with van der Waals surface area (Å²) in [6.45, 7) is 8.30. The molecule has 8 nitrogen and oxygen atoms in total. The maximum absolute atomic E-state index is 15.5. The first-order valence-corrected chi connectivity index (χ1v) is 14.3. The zero-order valence-electron chi connectivity index (χ0n) is 23.2. The number of anilines is 1. The fourth-order valence-corrected chi connectivity index (χ4v) is 5.83. The van der Waals surface area contributed by atoms with E-state index >= 15 is 4.39 Å². The highest BCUT2D eigenvalue weighted by atomic mass is 19.1. The van der Waals surface area contributed by atoms with Gasteiger partial charge in [-0.3, -0.25) is 9.59 Å². The highest BCUT2D eigenvalue weighted by Crippen LogP contribution is 2.30. The van der Waals surface area contributed by atoms with Gasteiger partial charge in [0.05, 0.1) is 18.2 Å². The third-order valence-corrected chi connectivity index (χ3v) is 8.03. The molecule has 0 unspecified atom stereocenters. The molecule has 2 aliphatic rings. The molecule has 2 saturated heterocycles. The Bertz CT molecular complexity index is 1360. The molecule has 1 aromatic carbocycles. The van der Waals surface area contributed by atoms with Crippen LogP contribution in [0.25, 0.3) is 16.9 Å². The summed E-state index contributed by atoms with van der Waals surface area (Å²) in [5.41, 5.74) is 3.38. The lowest BCUT2D eigenvalue weighted by Gasteiger charge is -2.33. The number of aryl methyl sites for hydroxylation is 1. The average Bonchev–Trinajstić information content (AvgIpc) is 3.26. The van der Waals surface area contributed by atoms with Crippen LogP contribution >= 0.6 is 0 Å². The third-order valence-electron chi connectivity index (χ3n) is 8.03. The van der Waals surface area contributed by atoms with Gasteiger partial charge in [-0.2, -0.15) is 5.10 Å². The van der Waals surface area contributed by atoms with Crippen molar-refractivity contribution in [3.8, 4) is 11.3 Å². The van der Waals surface area contributed by atoms with E-state index in [1.165, 1.54) is 6.07 Å². The lowest BCUT2D eigenvalue weighted by Crippen LogP contribution is -2.39. The number of benzene rings is 1. The number of aromatic nitrogens is 3. The minimum absolute atomic E-state index is 0.0532. The molecule has 9 heteroatoms. The van der Waals surface area contributed by atoms with Crippen LogP contribution in [-0.4, -0.2) is 63.7 Å². The molecule has 0 spiro atoms. The fraction of sp³-hybridized carbons (Fsp3) is 0.533. The predicted molar refractivity (Wildman–Crippen MR) is 148 cm³/mol. The predicted octanol–water partition coefficient (Wildman–Crippen LogP) is 5.28. The van der Waals surface area contributed by atoms with E-state index in [0.717, 1.165) is 63.0 Å². The molecule has 208 valence electrons. The summed E-state index contributed by atoms with van der Waals surface area (Å²) in [5.74, 6) is -0.830. The molecule has 0 bridgehead atoms. The molecule has 39 heavy (non-hydrogen) atoms. The van der Waals surface area contributed by atoms with E-state index in [0.29, 0.717) is 42.2 Å². The molecule has 4 heterocycles. The minimum atomic E-state index is -0.387. The van der Waals surface area contributed by atoms with Gasteiger partial charge in [0.25, 0.3) is 5.91 Å². The highest BCUT2D eigenvalue weighted by molar-refractivity contribution is 5.93. The number of fused-ring (bicyclic) bond motifs is 1. The zero-order valence-corrected chi connectivity index (χ0v) is 23.2. The number of carbonyl (C=O) groups excluding carboxylic acids is 2. The number of ether oxygens (including phenoxy) is 1. The van der Waals surface area contributed by atoms with E-state index in [2.05, 4.69) is 17.0 Å². The molecule has 0 N–H and O–H groups in total. The van der Waals surface area contributed by atoms with Crippen molar-refractivity contribution >= 4 is 23.2 Å². The fourth-order valence-electron chi connectivity index (χ4n) is 5.83. The Hall–Kier alpha value is -3.49. The Kier molecular flexibility index (Phi) is 8.14. The smallest absolute Gasteiger partial charge is 0.310 e. The van der Waals surface area contributed by atoms with Gasteiger partial charge in [0.15, 0.2) is 5.65 Å². The van der Waals surface area contributed by atoms with Crippen molar-refractivity contribution in [2.45, 2.75) is 71.8 Å². The first-order chi connectivity index (χ1) is 18.9. The molecular weight excluding hydrogens is 497 g/mol. The van der Waals surface area contributed by atoms with Crippen molar-refractivity contribution in [1.82, 2.24) is 19.5 Å². The van der Waals surface area contributed by atoms with Crippen molar-refractivity contribution in [3.05, 3.63) is 47.5 Å². The second-order valence-electron chi connectivity index (χ2n) is 10.7. The molecule has 2 aliphatic heterocycles. The van der Waals surface area contributed by atoms with Crippen molar-refractivity contribution in [2.75, 3.05) is 31.1 Å². The molecule has 1 amide bonds. The number of hydrogen-bond donors (Lipinski definition) is 0. The summed E-state index contributed by atoms with van der Waals surface area (Å²) in [4.78, 5) is 34.3. The van der Waals surface area contributed by atoms with Gasteiger partial charge < -0.3 is 14.5 Å². The van der Waals surface area contributed by atoms with Crippen LogP contribution in [0.5, 0.6) is 0 Å². The van der Waals surface area contributed by atoms with E-state index in [1.54, 1.807) is 23.6 Å².